The van der Waals surface area contributed by atoms with E-state index in [1.807, 2.05) is 0 Å². The topological polar surface area (TPSA) is 91.0 Å². The second-order valence-corrected chi connectivity index (χ2v) is 2.92. The second-order valence-electron chi connectivity index (χ2n) is 2.92. The lowest BCUT2D eigenvalue weighted by atomic mass is 10.4. The largest absolute Gasteiger partial charge is 0.475 e. The van der Waals surface area contributed by atoms with Gasteiger partial charge in [0.1, 0.15) is 0 Å². The molecule has 0 fully saturated rings. The number of aliphatic hydroxyl groups excluding tert-OH is 1. The number of nitrogens with zero attached hydrogens (tertiary/aromatic N) is 1. The van der Waals surface area contributed by atoms with Gasteiger partial charge < -0.3 is 19.5 Å². The van der Waals surface area contributed by atoms with Crippen molar-refractivity contribution in [2.24, 2.45) is 0 Å². The third-order valence-electron chi connectivity index (χ3n) is 1.81. The number of aliphatic hydroxyl groups is 1. The van der Waals surface area contributed by atoms with Crippen LogP contribution in [-0.4, -0.2) is 47.2 Å². The molecule has 2 N–H and O–H groups in total. The molecule has 0 radical (unpaired) electrons. The highest BCUT2D eigenvalue weighted by atomic mass is 16.4. The number of carbonyl (C=O) groups excluding carboxylic acids is 1. The van der Waals surface area contributed by atoms with Crippen LogP contribution in [-0.2, 0) is 0 Å². The molecule has 1 aromatic rings. The number of likely N-dealkylation sites (N-methyl/N-ethyl adjacent to an activating group) is 1. The summed E-state index contributed by atoms with van der Waals surface area (Å²) in [7, 11) is 1.49. The van der Waals surface area contributed by atoms with E-state index in [0.717, 1.165) is 0 Å². The molecule has 0 aromatic carbocycles. The predicted molar refractivity (Wildman–Crippen MR) is 49.7 cm³/mol. The molecule has 0 aliphatic rings. The molecule has 0 aliphatic carbocycles. The minimum absolute atomic E-state index is 0.0525. The van der Waals surface area contributed by atoms with Gasteiger partial charge in [0.15, 0.2) is 5.76 Å². The van der Waals surface area contributed by atoms with Gasteiger partial charge in [0.05, 0.1) is 6.61 Å². The number of carboxylic acid groups (broad SMARTS) is 1. The summed E-state index contributed by atoms with van der Waals surface area (Å²) in [5.74, 6) is -2.02. The van der Waals surface area contributed by atoms with Crippen molar-refractivity contribution in [2.45, 2.75) is 0 Å². The van der Waals surface area contributed by atoms with Gasteiger partial charge in [0.25, 0.3) is 5.91 Å². The van der Waals surface area contributed by atoms with Gasteiger partial charge in [-0.25, -0.2) is 4.79 Å². The van der Waals surface area contributed by atoms with Crippen molar-refractivity contribution >= 4 is 11.9 Å². The Kier molecular flexibility index (Phi) is 3.46. The van der Waals surface area contributed by atoms with Crippen molar-refractivity contribution in [2.75, 3.05) is 20.2 Å². The van der Waals surface area contributed by atoms with Gasteiger partial charge in [-0.1, -0.05) is 0 Å². The van der Waals surface area contributed by atoms with Crippen LogP contribution < -0.4 is 0 Å². The van der Waals surface area contributed by atoms with Crippen molar-refractivity contribution < 1.29 is 24.2 Å². The number of hydrogen-bond donors (Lipinski definition) is 2. The minimum atomic E-state index is -1.22. The Bertz CT molecular complexity index is 370. The normalized spacial score (nSPS) is 10.0. The fraction of sp³-hybridized carbons (Fsp3) is 0.333. The van der Waals surface area contributed by atoms with Crippen LogP contribution in [0.3, 0.4) is 0 Å². The molecular weight excluding hydrogens is 202 g/mol. The maximum absolute atomic E-state index is 11.5. The summed E-state index contributed by atoms with van der Waals surface area (Å²) in [5.41, 5.74) is 0. The van der Waals surface area contributed by atoms with Crippen molar-refractivity contribution in [3.63, 3.8) is 0 Å². The molecule has 0 bridgehead atoms. The highest BCUT2D eigenvalue weighted by Gasteiger charge is 2.17. The van der Waals surface area contributed by atoms with E-state index in [1.54, 1.807) is 0 Å². The minimum Gasteiger partial charge on any atom is -0.475 e. The number of carbonyl (C=O) groups is 2. The van der Waals surface area contributed by atoms with Gasteiger partial charge in [-0.05, 0) is 12.1 Å². The number of hydrogen-bond acceptors (Lipinski definition) is 4. The standard InChI is InChI=1S/C9H11NO5/c1-10(4-5-11)8(12)6-2-3-7(15-6)9(13)14/h2-3,11H,4-5H2,1H3,(H,13,14). The Balaban J connectivity index is 2.78. The number of amides is 1. The van der Waals surface area contributed by atoms with E-state index in [0.29, 0.717) is 0 Å². The first kappa shape index (κ1) is 11.3. The van der Waals surface area contributed by atoms with Gasteiger partial charge in [-0.3, -0.25) is 4.79 Å². The number of aromatic carboxylic acids is 1. The molecule has 6 heteroatoms. The molecule has 0 saturated carbocycles. The van der Waals surface area contributed by atoms with Crippen LogP contribution in [0.2, 0.25) is 0 Å². The Morgan fingerprint density at radius 1 is 1.40 bits per heavy atom. The zero-order valence-electron chi connectivity index (χ0n) is 8.14. The molecule has 15 heavy (non-hydrogen) atoms. The van der Waals surface area contributed by atoms with E-state index in [9.17, 15) is 9.59 Å². The first-order valence-electron chi connectivity index (χ1n) is 4.25. The molecule has 6 nitrogen and oxygen atoms in total. The van der Waals surface area contributed by atoms with Crippen molar-refractivity contribution in [3.05, 3.63) is 23.7 Å². The maximum atomic E-state index is 11.5. The Morgan fingerprint density at radius 3 is 2.47 bits per heavy atom. The van der Waals surface area contributed by atoms with Crippen molar-refractivity contribution in [1.29, 1.82) is 0 Å². The summed E-state index contributed by atoms with van der Waals surface area (Å²) in [6.45, 7) is 0.0106. The van der Waals surface area contributed by atoms with E-state index < -0.39 is 11.9 Å². The van der Waals surface area contributed by atoms with Crippen molar-refractivity contribution in [1.82, 2.24) is 4.90 Å². The van der Waals surface area contributed by atoms with Crippen LogP contribution in [0.15, 0.2) is 16.5 Å². The van der Waals surface area contributed by atoms with Crippen LogP contribution in [0.1, 0.15) is 21.1 Å². The van der Waals surface area contributed by atoms with Gasteiger partial charge >= 0.3 is 5.97 Å². The fourth-order valence-corrected chi connectivity index (χ4v) is 1.01. The molecule has 0 saturated heterocycles. The lowest BCUT2D eigenvalue weighted by molar-refractivity contribution is 0.0650. The predicted octanol–water partition coefficient (Wildman–Crippen LogP) is 0.0421. The molecule has 0 unspecified atom stereocenters. The summed E-state index contributed by atoms with van der Waals surface area (Å²) in [6.07, 6.45) is 0. The summed E-state index contributed by atoms with van der Waals surface area (Å²) in [4.78, 5) is 23.2. The first-order chi connectivity index (χ1) is 7.06. The van der Waals surface area contributed by atoms with Crippen LogP contribution in [0.4, 0.5) is 0 Å². The maximum Gasteiger partial charge on any atom is 0.371 e. The van der Waals surface area contributed by atoms with Crippen LogP contribution >= 0.6 is 0 Å². The molecule has 1 heterocycles. The summed E-state index contributed by atoms with van der Waals surface area (Å²) >= 11 is 0. The Labute approximate surface area is 85.7 Å². The zero-order chi connectivity index (χ0) is 11.4. The molecule has 1 amide bonds. The molecule has 1 rings (SSSR count). The number of carboxylic acids is 1. The van der Waals surface area contributed by atoms with Gasteiger partial charge in [0.2, 0.25) is 5.76 Å². The zero-order valence-corrected chi connectivity index (χ0v) is 8.14. The molecular formula is C9H11NO5. The van der Waals surface area contributed by atoms with E-state index in [1.165, 1.54) is 24.1 Å². The first-order valence-corrected chi connectivity index (χ1v) is 4.25. The van der Waals surface area contributed by atoms with Gasteiger partial charge in [0, 0.05) is 13.6 Å². The van der Waals surface area contributed by atoms with Crippen LogP contribution in [0.5, 0.6) is 0 Å². The second kappa shape index (κ2) is 4.61. The quantitative estimate of drug-likeness (QED) is 0.736. The van der Waals surface area contributed by atoms with Crippen LogP contribution in [0, 0.1) is 0 Å². The highest BCUT2D eigenvalue weighted by Crippen LogP contribution is 2.09. The van der Waals surface area contributed by atoms with Gasteiger partial charge in [-0.15, -0.1) is 0 Å². The molecule has 0 aliphatic heterocycles. The lowest BCUT2D eigenvalue weighted by Crippen LogP contribution is -2.29. The van der Waals surface area contributed by atoms with Crippen molar-refractivity contribution in [3.8, 4) is 0 Å². The third kappa shape index (κ3) is 2.57. The van der Waals surface area contributed by atoms with Crippen LogP contribution in [0.25, 0.3) is 0 Å². The molecule has 0 atom stereocenters. The van der Waals surface area contributed by atoms with E-state index in [2.05, 4.69) is 0 Å². The molecule has 82 valence electrons. The number of rotatable bonds is 4. The van der Waals surface area contributed by atoms with E-state index in [-0.39, 0.29) is 24.7 Å². The van der Waals surface area contributed by atoms with E-state index in [4.69, 9.17) is 14.6 Å². The molecule has 0 spiro atoms. The smallest absolute Gasteiger partial charge is 0.371 e. The lowest BCUT2D eigenvalue weighted by Gasteiger charge is -2.13. The average molecular weight is 213 g/mol. The Morgan fingerprint density at radius 2 is 2.00 bits per heavy atom. The third-order valence-corrected chi connectivity index (χ3v) is 1.81. The SMILES string of the molecule is CN(CCO)C(=O)c1ccc(C(=O)O)o1. The average Bonchev–Trinajstić information content (AvgIpc) is 2.65. The fourth-order valence-electron chi connectivity index (χ4n) is 1.01. The summed E-state index contributed by atoms with van der Waals surface area (Å²) in [6, 6.07) is 2.50. The summed E-state index contributed by atoms with van der Waals surface area (Å²) in [5, 5.41) is 17.2. The van der Waals surface area contributed by atoms with Gasteiger partial charge in [-0.2, -0.15) is 0 Å². The monoisotopic (exact) mass is 213 g/mol. The Hall–Kier alpha value is -1.82. The highest BCUT2D eigenvalue weighted by molar-refractivity contribution is 5.93. The van der Waals surface area contributed by atoms with E-state index >= 15 is 0 Å². The number of furan rings is 1. The molecule has 1 aromatic heterocycles. The summed E-state index contributed by atoms with van der Waals surface area (Å²) < 4.78 is 4.80.